The summed E-state index contributed by atoms with van der Waals surface area (Å²) in [6, 6.07) is 6.07. The maximum atomic E-state index is 14.6. The zero-order valence-electron chi connectivity index (χ0n) is 19.4. The van der Waals surface area contributed by atoms with Gasteiger partial charge in [-0.2, -0.15) is 4.72 Å². The number of carbonyl (C=O) groups excluding carboxylic acids is 1. The quantitative estimate of drug-likeness (QED) is 0.473. The van der Waals surface area contributed by atoms with Crippen molar-refractivity contribution in [2.75, 3.05) is 6.54 Å². The van der Waals surface area contributed by atoms with Crippen molar-refractivity contribution in [2.45, 2.75) is 63.7 Å². The molecule has 0 bridgehead atoms. The number of sulfonamides is 1. The zero-order valence-corrected chi connectivity index (χ0v) is 20.2. The van der Waals surface area contributed by atoms with Crippen LogP contribution in [0.15, 0.2) is 35.4 Å². The largest absolute Gasteiger partial charge is 0.352 e. The molecule has 2 aromatic heterocycles. The van der Waals surface area contributed by atoms with Crippen LogP contribution in [0, 0.1) is 12.7 Å². The Kier molecular flexibility index (Phi) is 6.73. The van der Waals surface area contributed by atoms with E-state index in [9.17, 15) is 22.0 Å². The Morgan fingerprint density at radius 2 is 1.97 bits per heavy atom. The topological polar surface area (TPSA) is 93.1 Å². The van der Waals surface area contributed by atoms with Crippen molar-refractivity contribution in [1.29, 1.82) is 0 Å². The SMILES string of the molecule is CCNC(=O)c1c(-c2ccc(S(=O)(=O)N[C@@H](C)F)cn2)n(C2CCCC2)c2cc(C)c(F)cc12. The van der Waals surface area contributed by atoms with Crippen LogP contribution in [0.25, 0.3) is 22.3 Å². The lowest BCUT2D eigenvalue weighted by Crippen LogP contribution is -2.29. The van der Waals surface area contributed by atoms with E-state index in [-0.39, 0.29) is 16.8 Å². The lowest BCUT2D eigenvalue weighted by atomic mass is 10.1. The van der Waals surface area contributed by atoms with Crippen molar-refractivity contribution in [3.8, 4) is 11.4 Å². The number of pyridine rings is 1. The maximum absolute atomic E-state index is 14.6. The van der Waals surface area contributed by atoms with Gasteiger partial charge in [0.1, 0.15) is 10.7 Å². The predicted molar refractivity (Wildman–Crippen MR) is 126 cm³/mol. The highest BCUT2D eigenvalue weighted by Crippen LogP contribution is 2.41. The molecule has 7 nitrogen and oxygen atoms in total. The molecule has 1 aliphatic rings. The Morgan fingerprint density at radius 1 is 1.26 bits per heavy atom. The second-order valence-electron chi connectivity index (χ2n) is 8.63. The first-order valence-corrected chi connectivity index (χ1v) is 12.9. The number of aromatic nitrogens is 2. The molecule has 0 aliphatic heterocycles. The minimum absolute atomic E-state index is 0.102. The van der Waals surface area contributed by atoms with E-state index in [1.54, 1.807) is 19.9 Å². The number of nitrogens with one attached hydrogen (secondary N) is 2. The van der Waals surface area contributed by atoms with Crippen molar-refractivity contribution in [3.05, 3.63) is 47.4 Å². The van der Waals surface area contributed by atoms with Gasteiger partial charge in [-0.3, -0.25) is 9.78 Å². The van der Waals surface area contributed by atoms with Crippen molar-refractivity contribution in [2.24, 2.45) is 0 Å². The summed E-state index contributed by atoms with van der Waals surface area (Å²) in [5, 5.41) is 3.30. The molecule has 1 aliphatic carbocycles. The molecule has 0 saturated heterocycles. The van der Waals surface area contributed by atoms with Gasteiger partial charge in [0.2, 0.25) is 10.0 Å². The summed E-state index contributed by atoms with van der Waals surface area (Å²) >= 11 is 0. The van der Waals surface area contributed by atoms with Gasteiger partial charge in [-0.15, -0.1) is 0 Å². The molecule has 2 N–H and O–H groups in total. The Morgan fingerprint density at radius 3 is 2.56 bits per heavy atom. The van der Waals surface area contributed by atoms with Crippen LogP contribution >= 0.6 is 0 Å². The van der Waals surface area contributed by atoms with Gasteiger partial charge >= 0.3 is 0 Å². The highest BCUT2D eigenvalue weighted by Gasteiger charge is 2.30. The van der Waals surface area contributed by atoms with Crippen LogP contribution in [0.1, 0.15) is 61.5 Å². The highest BCUT2D eigenvalue weighted by atomic mass is 32.2. The maximum Gasteiger partial charge on any atom is 0.254 e. The molecule has 1 atom stereocenters. The summed E-state index contributed by atoms with van der Waals surface area (Å²) in [5.74, 6) is -0.761. The number of hydrogen-bond acceptors (Lipinski definition) is 4. The van der Waals surface area contributed by atoms with E-state index in [1.165, 1.54) is 18.2 Å². The van der Waals surface area contributed by atoms with Gasteiger partial charge in [-0.25, -0.2) is 17.2 Å². The first-order chi connectivity index (χ1) is 16.1. The van der Waals surface area contributed by atoms with E-state index >= 15 is 0 Å². The van der Waals surface area contributed by atoms with Crippen LogP contribution in [0.2, 0.25) is 0 Å². The first kappa shape index (κ1) is 24.3. The number of amides is 1. The molecule has 1 aromatic carbocycles. The molecule has 0 unspecified atom stereocenters. The normalized spacial score (nSPS) is 15.7. The predicted octanol–water partition coefficient (Wildman–Crippen LogP) is 4.61. The second kappa shape index (κ2) is 9.42. The van der Waals surface area contributed by atoms with Gasteiger partial charge in [-0.05, 0) is 63.4 Å². The molecule has 1 saturated carbocycles. The molecule has 1 fully saturated rings. The van der Waals surface area contributed by atoms with Crippen LogP contribution in [0.5, 0.6) is 0 Å². The summed E-state index contributed by atoms with van der Waals surface area (Å²) in [6.07, 6.45) is 3.29. The van der Waals surface area contributed by atoms with Gasteiger partial charge in [0.25, 0.3) is 5.91 Å². The van der Waals surface area contributed by atoms with Crippen LogP contribution in [0.4, 0.5) is 8.78 Å². The Bertz CT molecular complexity index is 1330. The summed E-state index contributed by atoms with van der Waals surface area (Å²) in [4.78, 5) is 17.4. The number of benzene rings is 1. The van der Waals surface area contributed by atoms with E-state index in [1.807, 2.05) is 4.72 Å². The van der Waals surface area contributed by atoms with E-state index in [0.29, 0.717) is 34.4 Å². The molecule has 1 amide bonds. The van der Waals surface area contributed by atoms with Gasteiger partial charge in [-0.1, -0.05) is 12.8 Å². The van der Waals surface area contributed by atoms with Crippen LogP contribution in [-0.2, 0) is 10.0 Å². The number of carbonyl (C=O) groups is 1. The number of nitrogens with zero attached hydrogens (tertiary/aromatic N) is 2. The third-order valence-corrected chi connectivity index (χ3v) is 7.64. The fraction of sp³-hybridized carbons (Fsp3) is 0.417. The van der Waals surface area contributed by atoms with Gasteiger partial charge in [0.15, 0.2) is 6.30 Å². The van der Waals surface area contributed by atoms with E-state index in [0.717, 1.165) is 44.3 Å². The minimum Gasteiger partial charge on any atom is -0.352 e. The van der Waals surface area contributed by atoms with Crippen molar-refractivity contribution in [3.63, 3.8) is 0 Å². The van der Waals surface area contributed by atoms with Gasteiger partial charge in [0, 0.05) is 24.2 Å². The van der Waals surface area contributed by atoms with Gasteiger partial charge in [0.05, 0.1) is 22.5 Å². The lowest BCUT2D eigenvalue weighted by Gasteiger charge is -2.19. The lowest BCUT2D eigenvalue weighted by molar-refractivity contribution is 0.0958. The molecule has 10 heteroatoms. The number of alkyl halides is 1. The average Bonchev–Trinajstić information content (AvgIpc) is 3.39. The van der Waals surface area contributed by atoms with Crippen molar-refractivity contribution < 1.29 is 22.0 Å². The Hall–Kier alpha value is -2.85. The van der Waals surface area contributed by atoms with E-state index in [2.05, 4.69) is 14.9 Å². The second-order valence-corrected chi connectivity index (χ2v) is 10.3. The highest BCUT2D eigenvalue weighted by molar-refractivity contribution is 7.89. The standard InChI is InChI=1S/C24H28F2N4O3S/c1-4-27-24(31)22-18-12-19(26)14(2)11-21(18)30(16-7-5-6-8-16)23(22)20-10-9-17(13-28-20)34(32,33)29-15(3)25/h9-13,15-16,29H,4-8H2,1-3H3,(H,27,31)/t15-/m0/s1. The number of rotatable bonds is 7. The molecule has 182 valence electrons. The third-order valence-electron chi connectivity index (χ3n) is 6.14. The molecule has 3 aromatic rings. The Balaban J connectivity index is 1.98. The summed E-state index contributed by atoms with van der Waals surface area (Å²) in [6.45, 7) is 4.96. The number of halogens is 2. The van der Waals surface area contributed by atoms with Gasteiger partial charge < -0.3 is 9.88 Å². The van der Waals surface area contributed by atoms with Crippen molar-refractivity contribution in [1.82, 2.24) is 19.6 Å². The molecule has 2 heterocycles. The smallest absolute Gasteiger partial charge is 0.254 e. The summed E-state index contributed by atoms with van der Waals surface area (Å²) < 4.78 is 56.5. The molecule has 4 rings (SSSR count). The monoisotopic (exact) mass is 490 g/mol. The van der Waals surface area contributed by atoms with E-state index in [4.69, 9.17) is 0 Å². The zero-order chi connectivity index (χ0) is 24.6. The molecule has 0 radical (unpaired) electrons. The fourth-order valence-electron chi connectivity index (χ4n) is 4.67. The van der Waals surface area contributed by atoms with Crippen LogP contribution < -0.4 is 10.0 Å². The van der Waals surface area contributed by atoms with E-state index < -0.39 is 22.1 Å². The van der Waals surface area contributed by atoms with Crippen LogP contribution in [0.3, 0.4) is 0 Å². The molecule has 34 heavy (non-hydrogen) atoms. The molecular formula is C24H28F2N4O3S. The van der Waals surface area contributed by atoms with Crippen LogP contribution in [-0.4, -0.2) is 36.7 Å². The summed E-state index contributed by atoms with van der Waals surface area (Å²) in [7, 11) is -4.08. The summed E-state index contributed by atoms with van der Waals surface area (Å²) in [5.41, 5.74) is 2.43. The molecular weight excluding hydrogens is 462 g/mol. The average molecular weight is 491 g/mol. The number of hydrogen-bond donors (Lipinski definition) is 2. The fourth-order valence-corrected chi connectivity index (χ4v) is 5.67. The Labute approximate surface area is 197 Å². The number of fused-ring (bicyclic) bond motifs is 1. The molecule has 0 spiro atoms. The minimum atomic E-state index is -4.08. The van der Waals surface area contributed by atoms with Crippen molar-refractivity contribution >= 4 is 26.8 Å². The number of aryl methyl sites for hydroxylation is 1. The third kappa shape index (κ3) is 4.44. The first-order valence-electron chi connectivity index (χ1n) is 11.4.